The molecule has 0 saturated heterocycles. The van der Waals surface area contributed by atoms with Gasteiger partial charge in [0.25, 0.3) is 0 Å². The molecule has 3 aromatic carbocycles. The van der Waals surface area contributed by atoms with Crippen LogP contribution in [0.2, 0.25) is 5.02 Å². The van der Waals surface area contributed by atoms with Gasteiger partial charge in [0.15, 0.2) is 11.0 Å². The van der Waals surface area contributed by atoms with Crippen LogP contribution in [0.5, 0.6) is 0 Å². The second kappa shape index (κ2) is 9.59. The van der Waals surface area contributed by atoms with Gasteiger partial charge in [-0.15, -0.1) is 10.2 Å². The lowest BCUT2D eigenvalue weighted by molar-refractivity contribution is -0.113. The second-order valence-electron chi connectivity index (χ2n) is 7.62. The van der Waals surface area contributed by atoms with Gasteiger partial charge in [-0.3, -0.25) is 9.36 Å². The highest BCUT2D eigenvalue weighted by molar-refractivity contribution is 7.99. The van der Waals surface area contributed by atoms with Crippen molar-refractivity contribution >= 4 is 35.0 Å². The number of benzene rings is 3. The fourth-order valence-electron chi connectivity index (χ4n) is 3.25. The minimum atomic E-state index is -0.0963. The number of thioether (sulfide) groups is 1. The molecular weight excluding hydrogens is 440 g/mol. The number of carbonyl (C=O) groups is 1. The zero-order valence-corrected chi connectivity index (χ0v) is 19.7. The van der Waals surface area contributed by atoms with E-state index in [2.05, 4.69) is 15.5 Å². The third-order valence-electron chi connectivity index (χ3n) is 5.13. The molecule has 0 radical (unpaired) electrons. The van der Waals surface area contributed by atoms with Crippen LogP contribution in [-0.2, 0) is 4.79 Å². The van der Waals surface area contributed by atoms with E-state index in [1.165, 1.54) is 17.3 Å². The molecule has 1 N–H and O–H groups in total. The number of hydrogen-bond acceptors (Lipinski definition) is 4. The van der Waals surface area contributed by atoms with Crippen molar-refractivity contribution in [3.05, 3.63) is 88.4 Å². The van der Waals surface area contributed by atoms with Crippen LogP contribution in [0, 0.1) is 20.8 Å². The Morgan fingerprint density at radius 2 is 1.75 bits per heavy atom. The Morgan fingerprint density at radius 3 is 2.47 bits per heavy atom. The zero-order valence-electron chi connectivity index (χ0n) is 18.1. The maximum Gasteiger partial charge on any atom is 0.234 e. The van der Waals surface area contributed by atoms with Crippen LogP contribution in [0.3, 0.4) is 0 Å². The molecule has 0 fully saturated rings. The predicted molar refractivity (Wildman–Crippen MR) is 132 cm³/mol. The second-order valence-corrected chi connectivity index (χ2v) is 9.00. The molecule has 0 aliphatic heterocycles. The Bertz CT molecular complexity index is 1270. The van der Waals surface area contributed by atoms with E-state index in [1.807, 2.05) is 92.1 Å². The molecule has 4 aromatic rings. The van der Waals surface area contributed by atoms with Crippen LogP contribution in [0.25, 0.3) is 17.1 Å². The molecule has 0 bridgehead atoms. The van der Waals surface area contributed by atoms with E-state index in [-0.39, 0.29) is 11.7 Å². The third kappa shape index (κ3) is 5.03. The van der Waals surface area contributed by atoms with Crippen LogP contribution < -0.4 is 5.32 Å². The summed E-state index contributed by atoms with van der Waals surface area (Å²) in [5.74, 6) is 0.793. The molecule has 0 atom stereocenters. The number of halogens is 1. The fourth-order valence-corrected chi connectivity index (χ4v) is 4.19. The molecule has 32 heavy (non-hydrogen) atoms. The van der Waals surface area contributed by atoms with Crippen LogP contribution >= 0.6 is 23.4 Å². The summed E-state index contributed by atoms with van der Waals surface area (Å²) in [5, 5.41) is 13.0. The lowest BCUT2D eigenvalue weighted by atomic mass is 10.1. The minimum Gasteiger partial charge on any atom is -0.325 e. The highest BCUT2D eigenvalue weighted by Gasteiger charge is 2.17. The van der Waals surface area contributed by atoms with E-state index >= 15 is 0 Å². The monoisotopic (exact) mass is 462 g/mol. The number of nitrogens with zero attached hydrogens (tertiary/aromatic N) is 3. The lowest BCUT2D eigenvalue weighted by Crippen LogP contribution is -2.14. The summed E-state index contributed by atoms with van der Waals surface area (Å²) in [7, 11) is 0. The van der Waals surface area contributed by atoms with Crippen molar-refractivity contribution in [2.24, 2.45) is 0 Å². The predicted octanol–water partition coefficient (Wildman–Crippen LogP) is 6.24. The Balaban J connectivity index is 1.60. The topological polar surface area (TPSA) is 59.8 Å². The van der Waals surface area contributed by atoms with Crippen molar-refractivity contribution in [1.29, 1.82) is 0 Å². The van der Waals surface area contributed by atoms with Gasteiger partial charge < -0.3 is 5.32 Å². The van der Waals surface area contributed by atoms with Gasteiger partial charge >= 0.3 is 0 Å². The molecule has 4 rings (SSSR count). The van der Waals surface area contributed by atoms with E-state index in [0.717, 1.165) is 28.1 Å². The first-order valence-electron chi connectivity index (χ1n) is 10.2. The molecular formula is C25H23ClN4OS. The average Bonchev–Trinajstić information content (AvgIpc) is 3.19. The summed E-state index contributed by atoms with van der Waals surface area (Å²) in [6.45, 7) is 6.12. The number of anilines is 1. The Hall–Kier alpha value is -3.09. The van der Waals surface area contributed by atoms with Crippen molar-refractivity contribution in [3.8, 4) is 17.1 Å². The van der Waals surface area contributed by atoms with Gasteiger partial charge in [-0.25, -0.2) is 0 Å². The highest BCUT2D eigenvalue weighted by Crippen LogP contribution is 2.29. The number of amides is 1. The number of aromatic nitrogens is 3. The first-order valence-corrected chi connectivity index (χ1v) is 11.6. The number of carbonyl (C=O) groups excluding carboxylic acids is 1. The van der Waals surface area contributed by atoms with Gasteiger partial charge in [-0.1, -0.05) is 59.3 Å². The van der Waals surface area contributed by atoms with Gasteiger partial charge in [0, 0.05) is 22.0 Å². The third-order valence-corrected chi connectivity index (χ3v) is 6.30. The van der Waals surface area contributed by atoms with Crippen molar-refractivity contribution in [2.75, 3.05) is 11.1 Å². The highest BCUT2D eigenvalue weighted by atomic mass is 35.5. The molecule has 7 heteroatoms. The van der Waals surface area contributed by atoms with Crippen LogP contribution in [0.15, 0.2) is 71.9 Å². The molecule has 0 unspecified atom stereocenters. The minimum absolute atomic E-state index is 0.0963. The standard InChI is InChI=1S/C25H23ClN4OS/c1-16-7-11-22(12-8-16)30-24(19-5-4-6-20(26)14-19)28-29-25(30)32-15-23(31)27-21-10-9-17(2)18(3)13-21/h4-14H,15H2,1-3H3,(H,27,31). The maximum atomic E-state index is 12.6. The van der Waals surface area contributed by atoms with E-state index in [0.29, 0.717) is 16.0 Å². The summed E-state index contributed by atoms with van der Waals surface area (Å²) < 4.78 is 1.96. The molecule has 0 aliphatic carbocycles. The fraction of sp³-hybridized carbons (Fsp3) is 0.160. The normalized spacial score (nSPS) is 10.9. The van der Waals surface area contributed by atoms with Gasteiger partial charge in [-0.05, 0) is 68.3 Å². The molecule has 5 nitrogen and oxygen atoms in total. The van der Waals surface area contributed by atoms with Crippen molar-refractivity contribution < 1.29 is 4.79 Å². The molecule has 1 amide bonds. The Labute approximate surface area is 196 Å². The maximum absolute atomic E-state index is 12.6. The van der Waals surface area contributed by atoms with E-state index < -0.39 is 0 Å². The van der Waals surface area contributed by atoms with E-state index in [4.69, 9.17) is 11.6 Å². The SMILES string of the molecule is Cc1ccc(-n2c(SCC(=O)Nc3ccc(C)c(C)c3)nnc2-c2cccc(Cl)c2)cc1. The first kappa shape index (κ1) is 22.1. The van der Waals surface area contributed by atoms with E-state index in [1.54, 1.807) is 0 Å². The number of aryl methyl sites for hydroxylation is 3. The van der Waals surface area contributed by atoms with Crippen molar-refractivity contribution in [3.63, 3.8) is 0 Å². The van der Waals surface area contributed by atoms with Gasteiger partial charge in [-0.2, -0.15) is 0 Å². The first-order chi connectivity index (χ1) is 15.4. The van der Waals surface area contributed by atoms with Crippen molar-refractivity contribution in [2.45, 2.75) is 25.9 Å². The van der Waals surface area contributed by atoms with Crippen LogP contribution in [0.4, 0.5) is 5.69 Å². The summed E-state index contributed by atoms with van der Waals surface area (Å²) in [6, 6.07) is 21.5. The number of hydrogen-bond donors (Lipinski definition) is 1. The van der Waals surface area contributed by atoms with Gasteiger partial charge in [0.05, 0.1) is 5.75 Å². The van der Waals surface area contributed by atoms with Crippen LogP contribution in [-0.4, -0.2) is 26.4 Å². The lowest BCUT2D eigenvalue weighted by Gasteiger charge is -2.11. The van der Waals surface area contributed by atoms with E-state index in [9.17, 15) is 4.79 Å². The quantitative estimate of drug-likeness (QED) is 0.344. The van der Waals surface area contributed by atoms with Crippen molar-refractivity contribution in [1.82, 2.24) is 14.8 Å². The van der Waals surface area contributed by atoms with Crippen LogP contribution in [0.1, 0.15) is 16.7 Å². The smallest absolute Gasteiger partial charge is 0.234 e. The molecule has 1 heterocycles. The average molecular weight is 463 g/mol. The van der Waals surface area contributed by atoms with Gasteiger partial charge in [0.2, 0.25) is 5.91 Å². The number of nitrogens with one attached hydrogen (secondary N) is 1. The summed E-state index contributed by atoms with van der Waals surface area (Å²) in [6.07, 6.45) is 0. The molecule has 0 aliphatic rings. The summed E-state index contributed by atoms with van der Waals surface area (Å²) >= 11 is 7.55. The summed E-state index contributed by atoms with van der Waals surface area (Å²) in [4.78, 5) is 12.6. The molecule has 1 aromatic heterocycles. The zero-order chi connectivity index (χ0) is 22.7. The molecule has 0 saturated carbocycles. The molecule has 0 spiro atoms. The Morgan fingerprint density at radius 1 is 0.969 bits per heavy atom. The Kier molecular flexibility index (Phi) is 6.63. The summed E-state index contributed by atoms with van der Waals surface area (Å²) in [5.41, 5.74) is 6.06. The molecule has 162 valence electrons. The largest absolute Gasteiger partial charge is 0.325 e. The number of rotatable bonds is 6. The van der Waals surface area contributed by atoms with Gasteiger partial charge in [0.1, 0.15) is 0 Å².